The van der Waals surface area contributed by atoms with Crippen molar-refractivity contribution in [3.05, 3.63) is 0 Å². The first kappa shape index (κ1) is 29.6. The molecule has 0 fully saturated rings. The molecular weight excluding hydrogens is 338 g/mol. The Morgan fingerprint density at radius 2 is 0.840 bits per heavy atom. The van der Waals surface area contributed by atoms with E-state index in [2.05, 4.69) is 39.8 Å². The lowest BCUT2D eigenvalue weighted by Crippen LogP contribution is -2.12. The molecule has 0 aliphatic rings. The molecule has 0 aromatic carbocycles. The van der Waals surface area contributed by atoms with E-state index in [1.165, 1.54) is 90.0 Å². The fraction of sp³-hybridized carbons (Fsp3) is 1.00. The molecule has 0 atom stereocenters. The Morgan fingerprint density at radius 3 is 1.08 bits per heavy atom. The molecule has 0 amide bonds. The molecule has 0 saturated heterocycles. The summed E-state index contributed by atoms with van der Waals surface area (Å²) in [7, 11) is -0.425. The molecule has 0 aliphatic heterocycles. The second-order valence-electron chi connectivity index (χ2n) is 6.79. The van der Waals surface area contributed by atoms with Crippen molar-refractivity contribution in [2.75, 3.05) is 20.6 Å². The molecule has 0 unspecified atom stereocenters. The smallest absolute Gasteiger partial charge is 0.309 e. The van der Waals surface area contributed by atoms with Crippen LogP contribution in [0.1, 0.15) is 104 Å². The van der Waals surface area contributed by atoms with Gasteiger partial charge in [0.1, 0.15) is 0 Å². The zero-order valence-electron chi connectivity index (χ0n) is 17.5. The maximum Gasteiger partial charge on any atom is 0.394 e. The average molecular weight is 384 g/mol. The van der Waals surface area contributed by atoms with Crippen molar-refractivity contribution in [2.45, 2.75) is 104 Å². The number of unbranched alkanes of at least 4 members (excludes halogenated alkanes) is 11. The summed E-state index contributed by atoms with van der Waals surface area (Å²) in [6.45, 7) is 8.03. The maximum absolute atomic E-state index is 8.74. The van der Waals surface area contributed by atoms with Gasteiger partial charge in [-0.05, 0) is 27.1 Å². The molecule has 0 bridgehead atoms. The van der Waals surface area contributed by atoms with E-state index in [9.17, 15) is 0 Å². The first-order chi connectivity index (χ1) is 11.7. The summed E-state index contributed by atoms with van der Waals surface area (Å²) in [6, 6.07) is 0. The van der Waals surface area contributed by atoms with Crippen molar-refractivity contribution in [3.8, 4) is 0 Å². The van der Waals surface area contributed by atoms with Crippen LogP contribution in [0.4, 0.5) is 0 Å². The fourth-order valence-corrected chi connectivity index (χ4v) is 2.24. The monoisotopic (exact) mass is 383 g/mol. The predicted molar refractivity (Wildman–Crippen MR) is 110 cm³/mol. The first-order valence-corrected chi connectivity index (χ1v) is 11.4. The number of nitrogens with zero attached hydrogens (tertiary/aromatic N) is 1. The molecule has 6 heteroatoms. The molecule has 0 rings (SSSR count). The molecule has 0 aromatic rings. The Balaban J connectivity index is -0.000000321. The minimum atomic E-state index is -4.67. The average Bonchev–Trinajstić information content (AvgIpc) is 2.49. The molecule has 0 heterocycles. The number of rotatable bonds is 13. The van der Waals surface area contributed by atoms with Crippen molar-refractivity contribution >= 4 is 10.4 Å². The summed E-state index contributed by atoms with van der Waals surface area (Å²) in [5.74, 6) is 0. The lowest BCUT2D eigenvalue weighted by Gasteiger charge is -2.06. The molecule has 0 aromatic heterocycles. The quantitative estimate of drug-likeness (QED) is 0.301. The molecule has 0 saturated carbocycles. The molecule has 156 valence electrons. The largest absolute Gasteiger partial charge is 0.394 e. The summed E-state index contributed by atoms with van der Waals surface area (Å²) in [5, 5.41) is 0. The van der Waals surface area contributed by atoms with Crippen LogP contribution in [0.2, 0.25) is 0 Å². The second-order valence-corrected chi connectivity index (χ2v) is 7.68. The van der Waals surface area contributed by atoms with E-state index in [1.807, 2.05) is 0 Å². The molecule has 2 N–H and O–H groups in total. The van der Waals surface area contributed by atoms with Crippen LogP contribution in [0, 0.1) is 0 Å². The summed E-state index contributed by atoms with van der Waals surface area (Å²) < 4.78 is 31.6. The van der Waals surface area contributed by atoms with Crippen LogP contribution < -0.4 is 0 Å². The van der Waals surface area contributed by atoms with E-state index in [0.717, 1.165) is 0 Å². The number of hydrogen-bond donors (Lipinski definition) is 2. The normalized spacial score (nSPS) is 10.7. The lowest BCUT2D eigenvalue weighted by molar-refractivity contribution is 0.381. The van der Waals surface area contributed by atoms with Gasteiger partial charge in [0.15, 0.2) is 0 Å². The zero-order chi connectivity index (χ0) is 20.0. The highest BCUT2D eigenvalue weighted by atomic mass is 32.3. The summed E-state index contributed by atoms with van der Waals surface area (Å²) in [4.78, 5) is 2.23. The molecule has 0 radical (unpaired) electrons. The Morgan fingerprint density at radius 1 is 0.600 bits per heavy atom. The van der Waals surface area contributed by atoms with E-state index in [-0.39, 0.29) is 0 Å². The van der Waals surface area contributed by atoms with Crippen LogP contribution in [-0.2, 0) is 10.4 Å². The molecule has 0 aliphatic carbocycles. The minimum Gasteiger partial charge on any atom is -0.309 e. The fourth-order valence-electron chi connectivity index (χ4n) is 2.24. The van der Waals surface area contributed by atoms with E-state index in [0.29, 0.717) is 0 Å². The summed E-state index contributed by atoms with van der Waals surface area (Å²) in [6.07, 6.45) is 18.5. The van der Waals surface area contributed by atoms with Crippen LogP contribution in [0.25, 0.3) is 0 Å². The van der Waals surface area contributed by atoms with Crippen LogP contribution in [-0.4, -0.2) is 43.1 Å². The Kier molecular flexibility index (Phi) is 28.2. The van der Waals surface area contributed by atoms with Gasteiger partial charge < -0.3 is 4.90 Å². The SMILES string of the molecule is CCCCCCCCCCCC.CCCCCN(C)C.O=S(=O)(O)O. The highest BCUT2D eigenvalue weighted by Crippen LogP contribution is 2.09. The molecule has 5 nitrogen and oxygen atoms in total. The number of hydrogen-bond acceptors (Lipinski definition) is 3. The third-order valence-corrected chi connectivity index (χ3v) is 3.67. The summed E-state index contributed by atoms with van der Waals surface area (Å²) >= 11 is 0. The van der Waals surface area contributed by atoms with Crippen LogP contribution in [0.15, 0.2) is 0 Å². The third kappa shape index (κ3) is 59.4. The van der Waals surface area contributed by atoms with E-state index < -0.39 is 10.4 Å². The van der Waals surface area contributed by atoms with Gasteiger partial charge in [0.25, 0.3) is 0 Å². The molecule has 0 spiro atoms. The van der Waals surface area contributed by atoms with Gasteiger partial charge in [-0.1, -0.05) is 97.8 Å². The topological polar surface area (TPSA) is 77.8 Å². The Labute approximate surface area is 158 Å². The van der Waals surface area contributed by atoms with E-state index in [1.54, 1.807) is 0 Å². The lowest BCUT2D eigenvalue weighted by atomic mass is 10.1. The van der Waals surface area contributed by atoms with Gasteiger partial charge in [0.2, 0.25) is 0 Å². The van der Waals surface area contributed by atoms with Crippen LogP contribution in [0.3, 0.4) is 0 Å². The van der Waals surface area contributed by atoms with Gasteiger partial charge in [0.05, 0.1) is 0 Å². The maximum atomic E-state index is 8.74. The van der Waals surface area contributed by atoms with Crippen molar-refractivity contribution in [2.24, 2.45) is 0 Å². The minimum absolute atomic E-state index is 1.24. The van der Waals surface area contributed by atoms with Crippen LogP contribution in [0.5, 0.6) is 0 Å². The Hall–Kier alpha value is -0.170. The molecular formula is C19H45NO4S. The standard InChI is InChI=1S/C12H26.C7H17N.H2O4S/c1-3-5-7-9-11-12-10-8-6-4-2;1-4-5-6-7-8(2)3;1-5(2,3)4/h3-12H2,1-2H3;4-7H2,1-3H3;(H2,1,2,3,4). The van der Waals surface area contributed by atoms with Gasteiger partial charge in [-0.25, -0.2) is 0 Å². The van der Waals surface area contributed by atoms with Crippen LogP contribution >= 0.6 is 0 Å². The van der Waals surface area contributed by atoms with Crippen molar-refractivity contribution in [1.29, 1.82) is 0 Å². The molecule has 25 heavy (non-hydrogen) atoms. The highest BCUT2D eigenvalue weighted by Gasteiger charge is 1.90. The predicted octanol–water partition coefficient (Wildman–Crippen LogP) is 6.01. The van der Waals surface area contributed by atoms with E-state index in [4.69, 9.17) is 17.5 Å². The Bertz CT molecular complexity index is 301. The first-order valence-electron chi connectivity index (χ1n) is 10.0. The second kappa shape index (κ2) is 23.8. The van der Waals surface area contributed by atoms with Gasteiger partial charge in [-0.2, -0.15) is 8.42 Å². The highest BCUT2D eigenvalue weighted by molar-refractivity contribution is 7.79. The zero-order valence-corrected chi connectivity index (χ0v) is 18.3. The third-order valence-electron chi connectivity index (χ3n) is 3.67. The van der Waals surface area contributed by atoms with Crippen molar-refractivity contribution in [1.82, 2.24) is 4.90 Å². The summed E-state index contributed by atoms with van der Waals surface area (Å²) in [5.41, 5.74) is 0. The van der Waals surface area contributed by atoms with Crippen molar-refractivity contribution < 1.29 is 17.5 Å². The van der Waals surface area contributed by atoms with Crippen molar-refractivity contribution in [3.63, 3.8) is 0 Å². The van der Waals surface area contributed by atoms with E-state index >= 15 is 0 Å². The van der Waals surface area contributed by atoms with Gasteiger partial charge >= 0.3 is 10.4 Å². The van der Waals surface area contributed by atoms with Gasteiger partial charge in [0, 0.05) is 0 Å². The van der Waals surface area contributed by atoms with Gasteiger partial charge in [-0.15, -0.1) is 0 Å². The van der Waals surface area contributed by atoms with Gasteiger partial charge in [-0.3, -0.25) is 9.11 Å².